The molecule has 2 aromatic carbocycles. The molecular formula is C17H15N3O2. The lowest BCUT2D eigenvalue weighted by atomic mass is 10.0. The molecule has 0 aliphatic rings. The molecule has 5 heteroatoms. The van der Waals surface area contributed by atoms with Crippen LogP contribution in [0.5, 0.6) is 5.75 Å². The Balaban J connectivity index is 2.15. The smallest absolute Gasteiger partial charge is 0.273 e. The summed E-state index contributed by atoms with van der Waals surface area (Å²) in [4.78, 5) is 11.9. The van der Waals surface area contributed by atoms with Crippen LogP contribution in [-0.2, 0) is 0 Å². The number of fused-ring (bicyclic) bond motifs is 1. The average molecular weight is 293 g/mol. The minimum atomic E-state index is -0.312. The molecule has 3 N–H and O–H groups in total. The van der Waals surface area contributed by atoms with Gasteiger partial charge in [0.25, 0.3) is 5.56 Å². The second kappa shape index (κ2) is 5.37. The largest absolute Gasteiger partial charge is 0.507 e. The summed E-state index contributed by atoms with van der Waals surface area (Å²) in [5.41, 5.74) is 6.84. The van der Waals surface area contributed by atoms with Crippen LogP contribution >= 0.6 is 0 Å². The molecule has 0 atom stereocenters. The van der Waals surface area contributed by atoms with Gasteiger partial charge in [0.15, 0.2) is 0 Å². The third kappa shape index (κ3) is 2.44. The molecule has 22 heavy (non-hydrogen) atoms. The number of benzene rings is 2. The number of aromatic nitrogens is 1. The molecule has 0 unspecified atom stereocenters. The van der Waals surface area contributed by atoms with E-state index in [-0.39, 0.29) is 17.1 Å². The molecule has 0 aliphatic heterocycles. The molecule has 0 saturated carbocycles. The second-order valence-electron chi connectivity index (χ2n) is 5.07. The number of anilines is 1. The zero-order chi connectivity index (χ0) is 15.7. The maximum absolute atomic E-state index is 11.9. The molecule has 5 nitrogen and oxygen atoms in total. The molecular weight excluding hydrogens is 278 g/mol. The molecule has 0 saturated heterocycles. The summed E-state index contributed by atoms with van der Waals surface area (Å²) in [5.74, 6) is 0.349. The number of pyridine rings is 1. The number of hydrogen-bond donors (Lipinski definition) is 2. The SMILES string of the molecule is Cc1cc(N)n(/N=C/c2c(O)ccc3ccccc23)c(=O)c1. The van der Waals surface area contributed by atoms with E-state index in [1.807, 2.05) is 30.3 Å². The topological polar surface area (TPSA) is 80.6 Å². The Morgan fingerprint density at radius 3 is 2.73 bits per heavy atom. The molecule has 1 heterocycles. The Kier molecular flexibility index (Phi) is 3.39. The van der Waals surface area contributed by atoms with Crippen molar-refractivity contribution in [1.82, 2.24) is 4.68 Å². The number of nitrogens with two attached hydrogens (primary N) is 1. The van der Waals surface area contributed by atoms with Gasteiger partial charge >= 0.3 is 0 Å². The molecule has 110 valence electrons. The van der Waals surface area contributed by atoms with E-state index in [0.29, 0.717) is 5.56 Å². The zero-order valence-electron chi connectivity index (χ0n) is 12.0. The highest BCUT2D eigenvalue weighted by Crippen LogP contribution is 2.25. The summed E-state index contributed by atoms with van der Waals surface area (Å²) in [6.45, 7) is 1.79. The molecule has 0 radical (unpaired) electrons. The van der Waals surface area contributed by atoms with Crippen molar-refractivity contribution in [3.63, 3.8) is 0 Å². The number of phenols is 1. The predicted octanol–water partition coefficient (Wildman–Crippen LogP) is 2.48. The monoisotopic (exact) mass is 293 g/mol. The summed E-state index contributed by atoms with van der Waals surface area (Å²) >= 11 is 0. The van der Waals surface area contributed by atoms with Crippen LogP contribution in [0.3, 0.4) is 0 Å². The van der Waals surface area contributed by atoms with Gasteiger partial charge in [-0.3, -0.25) is 4.79 Å². The van der Waals surface area contributed by atoms with Crippen molar-refractivity contribution in [1.29, 1.82) is 0 Å². The van der Waals surface area contributed by atoms with Crippen LogP contribution in [-0.4, -0.2) is 16.0 Å². The lowest BCUT2D eigenvalue weighted by molar-refractivity contribution is 0.475. The van der Waals surface area contributed by atoms with Gasteiger partial charge in [0, 0.05) is 11.6 Å². The highest BCUT2D eigenvalue weighted by atomic mass is 16.3. The van der Waals surface area contributed by atoms with Gasteiger partial charge in [-0.2, -0.15) is 9.78 Å². The first-order chi connectivity index (χ1) is 10.6. The number of aryl methyl sites for hydroxylation is 1. The van der Waals surface area contributed by atoms with Gasteiger partial charge in [0.05, 0.1) is 6.21 Å². The van der Waals surface area contributed by atoms with Crippen molar-refractivity contribution >= 4 is 22.8 Å². The van der Waals surface area contributed by atoms with E-state index in [9.17, 15) is 9.90 Å². The van der Waals surface area contributed by atoms with Crippen LogP contribution in [0.25, 0.3) is 10.8 Å². The quantitative estimate of drug-likeness (QED) is 0.712. The van der Waals surface area contributed by atoms with Crippen molar-refractivity contribution in [3.8, 4) is 5.75 Å². The molecule has 0 fully saturated rings. The lowest BCUT2D eigenvalue weighted by Crippen LogP contribution is -2.19. The van der Waals surface area contributed by atoms with E-state index in [2.05, 4.69) is 5.10 Å². The summed E-state index contributed by atoms with van der Waals surface area (Å²) in [7, 11) is 0. The highest BCUT2D eigenvalue weighted by molar-refractivity contribution is 6.02. The molecule has 3 rings (SSSR count). The molecule has 0 amide bonds. The normalized spacial score (nSPS) is 11.3. The van der Waals surface area contributed by atoms with Crippen LogP contribution in [0, 0.1) is 6.92 Å². The Hall–Kier alpha value is -3.08. The molecule has 3 aromatic rings. The van der Waals surface area contributed by atoms with Gasteiger partial charge in [-0.25, -0.2) is 0 Å². The summed E-state index contributed by atoms with van der Waals surface area (Å²) in [6, 6.07) is 14.2. The molecule has 0 bridgehead atoms. The molecule has 0 aliphatic carbocycles. The van der Waals surface area contributed by atoms with Gasteiger partial charge in [0.2, 0.25) is 0 Å². The summed E-state index contributed by atoms with van der Waals surface area (Å²) in [5, 5.41) is 16.0. The summed E-state index contributed by atoms with van der Waals surface area (Å²) < 4.78 is 1.11. The van der Waals surface area contributed by atoms with Crippen molar-refractivity contribution in [3.05, 3.63) is 70.0 Å². The maximum Gasteiger partial charge on any atom is 0.273 e. The van der Waals surface area contributed by atoms with Crippen LogP contribution in [0.4, 0.5) is 5.82 Å². The van der Waals surface area contributed by atoms with E-state index < -0.39 is 0 Å². The van der Waals surface area contributed by atoms with Crippen molar-refractivity contribution in [2.45, 2.75) is 6.92 Å². The van der Waals surface area contributed by atoms with Gasteiger partial charge in [-0.1, -0.05) is 30.3 Å². The van der Waals surface area contributed by atoms with E-state index >= 15 is 0 Å². The Bertz CT molecular complexity index is 942. The van der Waals surface area contributed by atoms with Crippen molar-refractivity contribution in [2.75, 3.05) is 5.73 Å². The van der Waals surface area contributed by atoms with Crippen LogP contribution in [0.2, 0.25) is 0 Å². The first kappa shape index (κ1) is 13.9. The molecule has 1 aromatic heterocycles. The van der Waals surface area contributed by atoms with Crippen molar-refractivity contribution < 1.29 is 5.11 Å². The fourth-order valence-electron chi connectivity index (χ4n) is 2.38. The predicted molar refractivity (Wildman–Crippen MR) is 88.5 cm³/mol. The first-order valence-corrected chi connectivity index (χ1v) is 6.80. The number of aromatic hydroxyl groups is 1. The minimum absolute atomic E-state index is 0.0983. The standard InChI is InChI=1S/C17H15N3O2/c1-11-8-16(18)20(17(22)9-11)19-10-14-13-5-3-2-4-12(13)6-7-15(14)21/h2-10,21H,18H2,1H3/b19-10+. The van der Waals surface area contributed by atoms with E-state index in [0.717, 1.165) is 21.0 Å². The van der Waals surface area contributed by atoms with Crippen LogP contribution < -0.4 is 11.3 Å². The fraction of sp³-hybridized carbons (Fsp3) is 0.0588. The Morgan fingerprint density at radius 1 is 1.18 bits per heavy atom. The molecule has 0 spiro atoms. The van der Waals surface area contributed by atoms with Crippen molar-refractivity contribution in [2.24, 2.45) is 5.10 Å². The Labute approximate surface area is 126 Å². The Morgan fingerprint density at radius 2 is 1.95 bits per heavy atom. The average Bonchev–Trinajstić information content (AvgIpc) is 2.48. The highest BCUT2D eigenvalue weighted by Gasteiger charge is 2.05. The lowest BCUT2D eigenvalue weighted by Gasteiger charge is -2.06. The number of hydrogen-bond acceptors (Lipinski definition) is 4. The van der Waals surface area contributed by atoms with E-state index in [1.165, 1.54) is 12.3 Å². The second-order valence-corrected chi connectivity index (χ2v) is 5.07. The van der Waals surface area contributed by atoms with Gasteiger partial charge < -0.3 is 10.8 Å². The van der Waals surface area contributed by atoms with Crippen LogP contribution in [0.15, 0.2) is 58.4 Å². The minimum Gasteiger partial charge on any atom is -0.507 e. The number of nitrogen functional groups attached to an aromatic ring is 1. The third-order valence-electron chi connectivity index (χ3n) is 3.43. The number of nitrogens with zero attached hydrogens (tertiary/aromatic N) is 2. The fourth-order valence-corrected chi connectivity index (χ4v) is 2.38. The number of phenolic OH excluding ortho intramolecular Hbond substituents is 1. The summed E-state index contributed by atoms with van der Waals surface area (Å²) in [6.07, 6.45) is 1.45. The van der Waals surface area contributed by atoms with Gasteiger partial charge in [-0.05, 0) is 35.4 Å². The van der Waals surface area contributed by atoms with Gasteiger partial charge in [-0.15, -0.1) is 0 Å². The number of rotatable bonds is 2. The third-order valence-corrected chi connectivity index (χ3v) is 3.43. The zero-order valence-corrected chi connectivity index (χ0v) is 12.0. The van der Waals surface area contributed by atoms with Crippen LogP contribution in [0.1, 0.15) is 11.1 Å². The first-order valence-electron chi connectivity index (χ1n) is 6.80. The maximum atomic E-state index is 11.9. The van der Waals surface area contributed by atoms with E-state index in [1.54, 1.807) is 19.1 Å². The van der Waals surface area contributed by atoms with Gasteiger partial charge in [0.1, 0.15) is 11.6 Å². The van der Waals surface area contributed by atoms with E-state index in [4.69, 9.17) is 5.73 Å².